The van der Waals surface area contributed by atoms with Crippen molar-refractivity contribution < 1.29 is 5.11 Å². The minimum absolute atomic E-state index is 0.437. The van der Waals surface area contributed by atoms with E-state index in [1.807, 2.05) is 20.9 Å². The average molecular weight is 248 g/mol. The molecule has 100 valence electrons. The van der Waals surface area contributed by atoms with Gasteiger partial charge in [-0.15, -0.1) is 0 Å². The zero-order valence-electron chi connectivity index (χ0n) is 11.7. The van der Waals surface area contributed by atoms with Crippen LogP contribution in [0.1, 0.15) is 29.5 Å². The Kier molecular flexibility index (Phi) is 4.25. The fourth-order valence-corrected chi connectivity index (χ4v) is 2.94. The Hall–Kier alpha value is -1.06. The predicted octanol–water partition coefficient (Wildman–Crippen LogP) is 2.19. The summed E-state index contributed by atoms with van der Waals surface area (Å²) in [6, 6.07) is 4.87. The molecule has 1 aliphatic heterocycles. The van der Waals surface area contributed by atoms with Crippen LogP contribution in [0.25, 0.3) is 0 Å². The Morgan fingerprint density at radius 3 is 2.61 bits per heavy atom. The average Bonchev–Trinajstić information content (AvgIpc) is 2.74. The summed E-state index contributed by atoms with van der Waals surface area (Å²) in [6.45, 7) is 7.19. The summed E-state index contributed by atoms with van der Waals surface area (Å²) in [7, 11) is 2.02. The number of benzene rings is 1. The van der Waals surface area contributed by atoms with Crippen LogP contribution in [0.15, 0.2) is 12.1 Å². The highest BCUT2D eigenvalue weighted by molar-refractivity contribution is 5.42. The molecular weight excluding hydrogens is 224 g/mol. The van der Waals surface area contributed by atoms with E-state index in [2.05, 4.69) is 22.3 Å². The van der Waals surface area contributed by atoms with Gasteiger partial charge in [0.1, 0.15) is 5.75 Å². The highest BCUT2D eigenvalue weighted by Gasteiger charge is 2.23. The number of phenolic OH excluding ortho intramolecular Hbond substituents is 1. The first-order valence-electron chi connectivity index (χ1n) is 6.79. The van der Waals surface area contributed by atoms with Crippen LogP contribution in [-0.4, -0.2) is 36.2 Å². The van der Waals surface area contributed by atoms with Gasteiger partial charge in [-0.1, -0.05) is 12.1 Å². The lowest BCUT2D eigenvalue weighted by Crippen LogP contribution is -2.36. The molecule has 1 unspecified atom stereocenters. The summed E-state index contributed by atoms with van der Waals surface area (Å²) in [5.41, 5.74) is 3.27. The molecule has 1 aliphatic rings. The van der Waals surface area contributed by atoms with Crippen molar-refractivity contribution >= 4 is 0 Å². The van der Waals surface area contributed by atoms with E-state index in [-0.39, 0.29) is 0 Å². The molecule has 0 aliphatic carbocycles. The molecule has 1 fully saturated rings. The number of aromatic hydroxyl groups is 1. The first kappa shape index (κ1) is 13.4. The van der Waals surface area contributed by atoms with E-state index < -0.39 is 0 Å². The van der Waals surface area contributed by atoms with Crippen molar-refractivity contribution in [2.75, 3.05) is 20.1 Å². The van der Waals surface area contributed by atoms with E-state index in [1.165, 1.54) is 24.9 Å². The second kappa shape index (κ2) is 5.72. The van der Waals surface area contributed by atoms with Crippen LogP contribution in [0.2, 0.25) is 0 Å². The molecule has 2 rings (SSSR count). The van der Waals surface area contributed by atoms with Crippen molar-refractivity contribution in [1.29, 1.82) is 0 Å². The fraction of sp³-hybridized carbons (Fsp3) is 0.600. The minimum atomic E-state index is 0.437. The van der Waals surface area contributed by atoms with Crippen LogP contribution in [0, 0.1) is 13.8 Å². The lowest BCUT2D eigenvalue weighted by molar-refractivity contribution is 0.242. The third-order valence-corrected chi connectivity index (χ3v) is 3.88. The van der Waals surface area contributed by atoms with Gasteiger partial charge >= 0.3 is 0 Å². The SMILES string of the molecule is CNCC1CCCN1Cc1cc(C)c(O)c(C)c1. The number of hydrogen-bond acceptors (Lipinski definition) is 3. The van der Waals surface area contributed by atoms with Crippen LogP contribution in [0.4, 0.5) is 0 Å². The Labute approximate surface area is 110 Å². The fourth-order valence-electron chi connectivity index (χ4n) is 2.94. The predicted molar refractivity (Wildman–Crippen MR) is 74.9 cm³/mol. The molecule has 0 radical (unpaired) electrons. The minimum Gasteiger partial charge on any atom is -0.507 e. The molecular formula is C15H24N2O. The van der Waals surface area contributed by atoms with Crippen LogP contribution >= 0.6 is 0 Å². The lowest BCUT2D eigenvalue weighted by Gasteiger charge is -2.24. The van der Waals surface area contributed by atoms with Gasteiger partial charge in [0.25, 0.3) is 0 Å². The number of rotatable bonds is 4. The molecule has 0 spiro atoms. The topological polar surface area (TPSA) is 35.5 Å². The molecule has 0 bridgehead atoms. The standard InChI is InChI=1S/C15H24N2O/c1-11-7-13(8-12(2)15(11)18)10-17-6-4-5-14(17)9-16-3/h7-8,14,16,18H,4-6,9-10H2,1-3H3. The van der Waals surface area contributed by atoms with Crippen molar-refractivity contribution in [3.8, 4) is 5.75 Å². The van der Waals surface area contributed by atoms with E-state index in [0.29, 0.717) is 11.8 Å². The Morgan fingerprint density at radius 2 is 2.00 bits per heavy atom. The third-order valence-electron chi connectivity index (χ3n) is 3.88. The van der Waals surface area contributed by atoms with E-state index in [1.54, 1.807) is 0 Å². The molecule has 3 nitrogen and oxygen atoms in total. The molecule has 1 aromatic rings. The van der Waals surface area contributed by atoms with Gasteiger partial charge in [0.15, 0.2) is 0 Å². The highest BCUT2D eigenvalue weighted by atomic mass is 16.3. The molecule has 0 aromatic heterocycles. The van der Waals surface area contributed by atoms with Gasteiger partial charge in [-0.25, -0.2) is 0 Å². The maximum Gasteiger partial charge on any atom is 0.121 e. The van der Waals surface area contributed by atoms with Gasteiger partial charge in [0.05, 0.1) is 0 Å². The van der Waals surface area contributed by atoms with Gasteiger partial charge in [-0.3, -0.25) is 4.90 Å². The molecule has 1 aromatic carbocycles. The number of likely N-dealkylation sites (tertiary alicyclic amines) is 1. The van der Waals surface area contributed by atoms with Gasteiger partial charge in [-0.05, 0) is 57.0 Å². The van der Waals surface area contributed by atoms with Gasteiger partial charge in [0.2, 0.25) is 0 Å². The molecule has 1 atom stereocenters. The Morgan fingerprint density at radius 1 is 1.33 bits per heavy atom. The van der Waals surface area contributed by atoms with Crippen molar-refractivity contribution in [2.45, 2.75) is 39.3 Å². The summed E-state index contributed by atoms with van der Waals surface area (Å²) in [6.07, 6.45) is 2.58. The monoisotopic (exact) mass is 248 g/mol. The molecule has 18 heavy (non-hydrogen) atoms. The van der Waals surface area contributed by atoms with Crippen molar-refractivity contribution in [1.82, 2.24) is 10.2 Å². The smallest absolute Gasteiger partial charge is 0.121 e. The number of aryl methyl sites for hydroxylation is 2. The molecule has 3 heteroatoms. The van der Waals surface area contributed by atoms with Crippen molar-refractivity contribution in [3.63, 3.8) is 0 Å². The summed E-state index contributed by atoms with van der Waals surface area (Å²) in [5.74, 6) is 0.437. The molecule has 2 N–H and O–H groups in total. The molecule has 0 saturated carbocycles. The first-order valence-corrected chi connectivity index (χ1v) is 6.79. The lowest BCUT2D eigenvalue weighted by atomic mass is 10.1. The Bertz CT molecular complexity index is 394. The zero-order chi connectivity index (χ0) is 13.1. The van der Waals surface area contributed by atoms with Crippen LogP contribution in [-0.2, 0) is 6.54 Å². The second-order valence-corrected chi connectivity index (χ2v) is 5.40. The number of hydrogen-bond donors (Lipinski definition) is 2. The van der Waals surface area contributed by atoms with E-state index >= 15 is 0 Å². The number of nitrogens with zero attached hydrogens (tertiary/aromatic N) is 1. The Balaban J connectivity index is 2.09. The number of phenols is 1. The summed E-state index contributed by atoms with van der Waals surface area (Å²) in [5, 5.41) is 13.1. The summed E-state index contributed by atoms with van der Waals surface area (Å²) >= 11 is 0. The first-order chi connectivity index (χ1) is 8.61. The summed E-state index contributed by atoms with van der Waals surface area (Å²) < 4.78 is 0. The van der Waals surface area contributed by atoms with Crippen LogP contribution < -0.4 is 5.32 Å². The van der Waals surface area contributed by atoms with Crippen LogP contribution in [0.3, 0.4) is 0 Å². The second-order valence-electron chi connectivity index (χ2n) is 5.40. The quantitative estimate of drug-likeness (QED) is 0.857. The summed E-state index contributed by atoms with van der Waals surface area (Å²) in [4.78, 5) is 2.54. The van der Waals surface area contributed by atoms with Crippen LogP contribution in [0.5, 0.6) is 5.75 Å². The molecule has 1 heterocycles. The molecule has 1 saturated heterocycles. The largest absolute Gasteiger partial charge is 0.507 e. The van der Waals surface area contributed by atoms with Crippen molar-refractivity contribution in [3.05, 3.63) is 28.8 Å². The zero-order valence-corrected chi connectivity index (χ0v) is 11.7. The van der Waals surface area contributed by atoms with Gasteiger partial charge in [-0.2, -0.15) is 0 Å². The highest BCUT2D eigenvalue weighted by Crippen LogP contribution is 2.25. The van der Waals surface area contributed by atoms with Gasteiger partial charge in [0, 0.05) is 19.1 Å². The normalized spacial score (nSPS) is 20.5. The van der Waals surface area contributed by atoms with E-state index in [9.17, 15) is 5.11 Å². The van der Waals surface area contributed by atoms with E-state index in [4.69, 9.17) is 0 Å². The van der Waals surface area contributed by atoms with Crippen molar-refractivity contribution in [2.24, 2.45) is 0 Å². The maximum absolute atomic E-state index is 9.80. The maximum atomic E-state index is 9.80. The number of nitrogens with one attached hydrogen (secondary N) is 1. The van der Waals surface area contributed by atoms with Gasteiger partial charge < -0.3 is 10.4 Å². The molecule has 0 amide bonds. The van der Waals surface area contributed by atoms with E-state index in [0.717, 1.165) is 24.2 Å². The number of likely N-dealkylation sites (N-methyl/N-ethyl adjacent to an activating group) is 1. The third kappa shape index (κ3) is 2.85.